The van der Waals surface area contributed by atoms with Crippen molar-refractivity contribution in [3.8, 4) is 12.1 Å². The van der Waals surface area contributed by atoms with Gasteiger partial charge in [0.2, 0.25) is 0 Å². The highest BCUT2D eigenvalue weighted by Crippen LogP contribution is 2.27. The van der Waals surface area contributed by atoms with Crippen LogP contribution in [0.25, 0.3) is 0 Å². The van der Waals surface area contributed by atoms with E-state index in [2.05, 4.69) is 19.1 Å². The Morgan fingerprint density at radius 3 is 2.25 bits per heavy atom. The van der Waals surface area contributed by atoms with Crippen molar-refractivity contribution in [1.82, 2.24) is 0 Å². The minimum absolute atomic E-state index is 0.529. The van der Waals surface area contributed by atoms with Gasteiger partial charge in [-0.2, -0.15) is 10.5 Å². The van der Waals surface area contributed by atoms with Gasteiger partial charge in [0.25, 0.3) is 0 Å². The van der Waals surface area contributed by atoms with Gasteiger partial charge in [-0.15, -0.1) is 0 Å². The van der Waals surface area contributed by atoms with Crippen LogP contribution in [0.5, 0.6) is 0 Å². The van der Waals surface area contributed by atoms with E-state index in [1.807, 2.05) is 30.3 Å². The first-order chi connectivity index (χ1) is 7.76. The Morgan fingerprint density at radius 2 is 1.75 bits per heavy atom. The van der Waals surface area contributed by atoms with E-state index in [4.69, 9.17) is 0 Å². The van der Waals surface area contributed by atoms with Crippen LogP contribution in [0.4, 0.5) is 0 Å². The summed E-state index contributed by atoms with van der Waals surface area (Å²) >= 11 is 0. The SMILES string of the molecule is CCCCC(C#N)(C#N)Cc1ccccc1. The van der Waals surface area contributed by atoms with Crippen LogP contribution < -0.4 is 0 Å². The minimum Gasteiger partial charge on any atom is -0.197 e. The highest BCUT2D eigenvalue weighted by atomic mass is 14.4. The van der Waals surface area contributed by atoms with Gasteiger partial charge < -0.3 is 0 Å². The molecule has 0 radical (unpaired) electrons. The molecule has 0 heterocycles. The van der Waals surface area contributed by atoms with E-state index in [-0.39, 0.29) is 0 Å². The van der Waals surface area contributed by atoms with Crippen LogP contribution in [0.2, 0.25) is 0 Å². The predicted octanol–water partition coefficient (Wildman–Crippen LogP) is 3.45. The lowest BCUT2D eigenvalue weighted by atomic mass is 9.80. The Kier molecular flexibility index (Phi) is 4.55. The summed E-state index contributed by atoms with van der Waals surface area (Å²) in [5.41, 5.74) is 0.207. The molecular weight excluding hydrogens is 196 g/mol. The molecule has 0 aliphatic heterocycles. The number of nitriles is 2. The summed E-state index contributed by atoms with van der Waals surface area (Å²) in [6.07, 6.45) is 3.13. The Morgan fingerprint density at radius 1 is 1.12 bits per heavy atom. The predicted molar refractivity (Wildman–Crippen MR) is 63.3 cm³/mol. The third-order valence-electron chi connectivity index (χ3n) is 2.73. The Bertz CT molecular complexity index is 381. The summed E-state index contributed by atoms with van der Waals surface area (Å²) in [6.45, 7) is 2.07. The quantitative estimate of drug-likeness (QED) is 0.750. The molecule has 2 heteroatoms. The first kappa shape index (κ1) is 12.3. The van der Waals surface area contributed by atoms with Gasteiger partial charge >= 0.3 is 0 Å². The van der Waals surface area contributed by atoms with Crippen LogP contribution in [-0.2, 0) is 6.42 Å². The number of hydrogen-bond donors (Lipinski definition) is 0. The fraction of sp³-hybridized carbons (Fsp3) is 0.429. The van der Waals surface area contributed by atoms with Gasteiger partial charge in [0.1, 0.15) is 5.41 Å². The standard InChI is InChI=1S/C14H16N2/c1-2-3-9-14(11-15,12-16)10-13-7-5-4-6-8-13/h4-8H,2-3,9-10H2,1H3. The van der Waals surface area contributed by atoms with Crippen molar-refractivity contribution in [2.24, 2.45) is 5.41 Å². The van der Waals surface area contributed by atoms with Gasteiger partial charge in [-0.3, -0.25) is 0 Å². The number of unbranched alkanes of at least 4 members (excludes halogenated alkanes) is 1. The minimum atomic E-state index is -0.850. The molecule has 0 saturated heterocycles. The third-order valence-corrected chi connectivity index (χ3v) is 2.73. The molecular formula is C14H16N2. The van der Waals surface area contributed by atoms with E-state index in [9.17, 15) is 10.5 Å². The number of rotatable bonds is 5. The fourth-order valence-corrected chi connectivity index (χ4v) is 1.73. The smallest absolute Gasteiger partial charge is 0.147 e. The maximum absolute atomic E-state index is 9.19. The van der Waals surface area contributed by atoms with Crippen molar-refractivity contribution in [3.05, 3.63) is 35.9 Å². The topological polar surface area (TPSA) is 47.6 Å². The summed E-state index contributed by atoms with van der Waals surface area (Å²) < 4.78 is 0. The molecule has 0 fully saturated rings. The van der Waals surface area contributed by atoms with Gasteiger partial charge in [0, 0.05) is 6.42 Å². The average molecular weight is 212 g/mol. The lowest BCUT2D eigenvalue weighted by molar-refractivity contribution is 0.452. The molecule has 0 bridgehead atoms. The molecule has 16 heavy (non-hydrogen) atoms. The molecule has 2 nitrogen and oxygen atoms in total. The van der Waals surface area contributed by atoms with Crippen molar-refractivity contribution in [2.45, 2.75) is 32.6 Å². The second-order valence-electron chi connectivity index (χ2n) is 4.07. The fourth-order valence-electron chi connectivity index (χ4n) is 1.73. The summed E-state index contributed by atoms with van der Waals surface area (Å²) in [5.74, 6) is 0. The van der Waals surface area contributed by atoms with Crippen LogP contribution in [0, 0.1) is 28.1 Å². The zero-order chi connectivity index (χ0) is 11.9. The van der Waals surface area contributed by atoms with E-state index in [1.165, 1.54) is 0 Å². The largest absolute Gasteiger partial charge is 0.197 e. The normalized spacial score (nSPS) is 10.4. The number of nitrogens with zero attached hydrogens (tertiary/aromatic N) is 2. The van der Waals surface area contributed by atoms with E-state index in [1.54, 1.807) is 0 Å². The van der Waals surface area contributed by atoms with Crippen LogP contribution in [0.1, 0.15) is 31.7 Å². The summed E-state index contributed by atoms with van der Waals surface area (Å²) in [6, 6.07) is 14.1. The molecule has 0 aromatic heterocycles. The lowest BCUT2D eigenvalue weighted by Crippen LogP contribution is -2.19. The Balaban J connectivity index is 2.81. The van der Waals surface area contributed by atoms with Crippen LogP contribution in [0.15, 0.2) is 30.3 Å². The number of benzene rings is 1. The molecule has 0 spiro atoms. The molecule has 0 amide bonds. The zero-order valence-electron chi connectivity index (χ0n) is 9.61. The third kappa shape index (κ3) is 3.11. The molecule has 0 atom stereocenters. The maximum atomic E-state index is 9.19. The van der Waals surface area contributed by atoms with Crippen molar-refractivity contribution >= 4 is 0 Å². The second-order valence-corrected chi connectivity index (χ2v) is 4.07. The van der Waals surface area contributed by atoms with Crippen LogP contribution in [0.3, 0.4) is 0 Å². The van der Waals surface area contributed by atoms with Gasteiger partial charge in [-0.25, -0.2) is 0 Å². The van der Waals surface area contributed by atoms with Crippen molar-refractivity contribution in [2.75, 3.05) is 0 Å². The van der Waals surface area contributed by atoms with E-state index >= 15 is 0 Å². The van der Waals surface area contributed by atoms with E-state index in [0.717, 1.165) is 18.4 Å². The highest BCUT2D eigenvalue weighted by Gasteiger charge is 2.29. The summed E-state index contributed by atoms with van der Waals surface area (Å²) in [7, 11) is 0. The van der Waals surface area contributed by atoms with Crippen molar-refractivity contribution < 1.29 is 0 Å². The lowest BCUT2D eigenvalue weighted by Gasteiger charge is -2.17. The Hall–Kier alpha value is -1.80. The molecule has 0 unspecified atom stereocenters. The molecule has 0 aliphatic carbocycles. The van der Waals surface area contributed by atoms with E-state index < -0.39 is 5.41 Å². The molecule has 1 aromatic rings. The molecule has 0 aliphatic rings. The molecule has 0 saturated carbocycles. The highest BCUT2D eigenvalue weighted by molar-refractivity contribution is 5.24. The van der Waals surface area contributed by atoms with Gasteiger partial charge in [0.05, 0.1) is 12.1 Å². The van der Waals surface area contributed by atoms with Crippen molar-refractivity contribution in [1.29, 1.82) is 10.5 Å². The summed E-state index contributed by atoms with van der Waals surface area (Å²) in [4.78, 5) is 0. The molecule has 1 aromatic carbocycles. The van der Waals surface area contributed by atoms with Crippen LogP contribution in [-0.4, -0.2) is 0 Å². The average Bonchev–Trinajstić information content (AvgIpc) is 2.36. The van der Waals surface area contributed by atoms with E-state index in [0.29, 0.717) is 12.8 Å². The first-order valence-corrected chi connectivity index (χ1v) is 5.63. The first-order valence-electron chi connectivity index (χ1n) is 5.63. The number of hydrogen-bond acceptors (Lipinski definition) is 2. The summed E-state index contributed by atoms with van der Waals surface area (Å²) in [5, 5.41) is 18.4. The van der Waals surface area contributed by atoms with Gasteiger partial charge in [-0.05, 0) is 12.0 Å². The van der Waals surface area contributed by atoms with Gasteiger partial charge in [0.15, 0.2) is 0 Å². The molecule has 0 N–H and O–H groups in total. The van der Waals surface area contributed by atoms with Crippen LogP contribution >= 0.6 is 0 Å². The molecule has 1 rings (SSSR count). The maximum Gasteiger partial charge on any atom is 0.147 e. The molecule has 82 valence electrons. The monoisotopic (exact) mass is 212 g/mol. The second kappa shape index (κ2) is 5.93. The van der Waals surface area contributed by atoms with Gasteiger partial charge in [-0.1, -0.05) is 50.1 Å². The zero-order valence-corrected chi connectivity index (χ0v) is 9.61. The van der Waals surface area contributed by atoms with Crippen molar-refractivity contribution in [3.63, 3.8) is 0 Å². The Labute approximate surface area is 97.1 Å².